The Morgan fingerprint density at radius 1 is 1.12 bits per heavy atom. The van der Waals surface area contributed by atoms with Crippen molar-refractivity contribution in [2.75, 3.05) is 20.3 Å². The van der Waals surface area contributed by atoms with Crippen LogP contribution in [0.4, 0.5) is 0 Å². The van der Waals surface area contributed by atoms with Gasteiger partial charge in [-0.2, -0.15) is 0 Å². The second-order valence-corrected chi connectivity index (χ2v) is 8.01. The van der Waals surface area contributed by atoms with Crippen LogP contribution in [0.25, 0.3) is 11.0 Å². The zero-order chi connectivity index (χ0) is 22.8. The van der Waals surface area contributed by atoms with Gasteiger partial charge in [-0.3, -0.25) is 0 Å². The van der Waals surface area contributed by atoms with Crippen LogP contribution in [0, 0.1) is 5.92 Å². The zero-order valence-electron chi connectivity index (χ0n) is 18.5. The molecule has 0 saturated heterocycles. The van der Waals surface area contributed by atoms with E-state index in [1.54, 1.807) is 44.4 Å². The Kier molecular flexibility index (Phi) is 6.08. The van der Waals surface area contributed by atoms with Gasteiger partial charge in [-0.25, -0.2) is 9.59 Å². The molecule has 7 nitrogen and oxygen atoms in total. The van der Waals surface area contributed by atoms with E-state index < -0.39 is 23.6 Å². The van der Waals surface area contributed by atoms with Crippen molar-refractivity contribution in [3.63, 3.8) is 0 Å². The zero-order valence-corrected chi connectivity index (χ0v) is 18.5. The SMILES string of the molecule is CCOC(=O)[C@@H]1Oc2c(c(=O)oc3ccccc23)[C@H]1c1ccc(OCC(C)C)c(OC)c1. The minimum atomic E-state index is -1.02. The Morgan fingerprint density at radius 2 is 1.91 bits per heavy atom. The van der Waals surface area contributed by atoms with E-state index in [0.29, 0.717) is 51.9 Å². The van der Waals surface area contributed by atoms with Crippen LogP contribution in [-0.4, -0.2) is 32.4 Å². The third-order valence-electron chi connectivity index (χ3n) is 5.30. The molecule has 0 unspecified atom stereocenters. The van der Waals surface area contributed by atoms with E-state index in [2.05, 4.69) is 13.8 Å². The fourth-order valence-electron chi connectivity index (χ4n) is 3.88. The molecular formula is C25H26O7. The molecule has 168 valence electrons. The van der Waals surface area contributed by atoms with Gasteiger partial charge in [-0.15, -0.1) is 0 Å². The van der Waals surface area contributed by atoms with Gasteiger partial charge in [0.1, 0.15) is 11.3 Å². The summed E-state index contributed by atoms with van der Waals surface area (Å²) in [4.78, 5) is 25.8. The van der Waals surface area contributed by atoms with Gasteiger partial charge >= 0.3 is 11.6 Å². The van der Waals surface area contributed by atoms with Crippen LogP contribution in [0.5, 0.6) is 17.2 Å². The van der Waals surface area contributed by atoms with Gasteiger partial charge in [-0.1, -0.05) is 32.0 Å². The summed E-state index contributed by atoms with van der Waals surface area (Å²) in [5.74, 6) is 0.528. The predicted octanol–water partition coefficient (Wildman–Crippen LogP) is 4.29. The number of para-hydroxylation sites is 1. The number of hydrogen-bond donors (Lipinski definition) is 0. The van der Waals surface area contributed by atoms with Crippen molar-refractivity contribution in [3.8, 4) is 17.2 Å². The largest absolute Gasteiger partial charge is 0.493 e. The maximum atomic E-state index is 13.0. The molecule has 0 amide bonds. The summed E-state index contributed by atoms with van der Waals surface area (Å²) < 4.78 is 28.2. The molecule has 0 spiro atoms. The number of benzene rings is 2. The molecule has 2 atom stereocenters. The molecule has 1 aliphatic heterocycles. The summed E-state index contributed by atoms with van der Waals surface area (Å²) in [7, 11) is 1.55. The van der Waals surface area contributed by atoms with E-state index in [1.807, 2.05) is 12.1 Å². The lowest BCUT2D eigenvalue weighted by Crippen LogP contribution is -2.32. The smallest absolute Gasteiger partial charge is 0.348 e. The highest BCUT2D eigenvalue weighted by Crippen LogP contribution is 2.46. The fourth-order valence-corrected chi connectivity index (χ4v) is 3.88. The Bertz CT molecular complexity index is 1190. The maximum Gasteiger partial charge on any atom is 0.348 e. The van der Waals surface area contributed by atoms with Gasteiger partial charge in [0.15, 0.2) is 11.5 Å². The molecular weight excluding hydrogens is 412 g/mol. The number of carbonyl (C=O) groups excluding carboxylic acids is 1. The molecule has 0 bridgehead atoms. The first-order valence-corrected chi connectivity index (χ1v) is 10.6. The lowest BCUT2D eigenvalue weighted by Gasteiger charge is -2.19. The summed E-state index contributed by atoms with van der Waals surface area (Å²) in [5.41, 5.74) is 0.807. The molecule has 4 rings (SSSR count). The summed E-state index contributed by atoms with van der Waals surface area (Å²) in [6.45, 7) is 6.57. The topological polar surface area (TPSA) is 84.2 Å². The maximum absolute atomic E-state index is 13.0. The van der Waals surface area contributed by atoms with Crippen LogP contribution in [0.2, 0.25) is 0 Å². The summed E-state index contributed by atoms with van der Waals surface area (Å²) in [5, 5.41) is 0.628. The molecule has 0 saturated carbocycles. The van der Waals surface area contributed by atoms with Crippen LogP contribution in [0.3, 0.4) is 0 Å². The molecule has 1 aliphatic rings. The third kappa shape index (κ3) is 3.90. The number of esters is 1. The van der Waals surface area contributed by atoms with E-state index >= 15 is 0 Å². The number of ether oxygens (including phenoxy) is 4. The van der Waals surface area contributed by atoms with Crippen LogP contribution < -0.4 is 19.8 Å². The second-order valence-electron chi connectivity index (χ2n) is 8.01. The minimum Gasteiger partial charge on any atom is -0.493 e. The van der Waals surface area contributed by atoms with Crippen molar-refractivity contribution >= 4 is 16.9 Å². The van der Waals surface area contributed by atoms with Gasteiger partial charge in [0.25, 0.3) is 0 Å². The van der Waals surface area contributed by atoms with Crippen molar-refractivity contribution in [1.82, 2.24) is 0 Å². The lowest BCUT2D eigenvalue weighted by molar-refractivity contribution is -0.151. The predicted molar refractivity (Wildman–Crippen MR) is 119 cm³/mol. The van der Waals surface area contributed by atoms with Crippen LogP contribution in [0.1, 0.15) is 37.8 Å². The Morgan fingerprint density at radius 3 is 2.62 bits per heavy atom. The first-order chi connectivity index (χ1) is 15.4. The molecule has 1 aromatic heterocycles. The van der Waals surface area contributed by atoms with Gasteiger partial charge in [0, 0.05) is 0 Å². The summed E-state index contributed by atoms with van der Waals surface area (Å²) in [6.07, 6.45) is -1.02. The molecule has 3 aromatic rings. The normalized spacial score (nSPS) is 17.2. The average Bonchev–Trinajstić information content (AvgIpc) is 3.19. The number of rotatable bonds is 7. The van der Waals surface area contributed by atoms with Gasteiger partial charge in [0.2, 0.25) is 6.10 Å². The lowest BCUT2D eigenvalue weighted by atomic mass is 9.88. The van der Waals surface area contributed by atoms with Gasteiger partial charge in [0.05, 0.1) is 37.2 Å². The quantitative estimate of drug-likeness (QED) is 0.402. The van der Waals surface area contributed by atoms with Crippen molar-refractivity contribution in [2.45, 2.75) is 32.8 Å². The number of hydrogen-bond acceptors (Lipinski definition) is 7. The number of carbonyl (C=O) groups is 1. The first kappa shape index (κ1) is 21.7. The molecule has 2 aromatic carbocycles. The number of fused-ring (bicyclic) bond motifs is 3. The number of methoxy groups -OCH3 is 1. The average molecular weight is 438 g/mol. The Balaban J connectivity index is 1.85. The summed E-state index contributed by atoms with van der Waals surface area (Å²) >= 11 is 0. The van der Waals surface area contributed by atoms with E-state index in [-0.39, 0.29) is 6.61 Å². The monoisotopic (exact) mass is 438 g/mol. The molecule has 0 N–H and O–H groups in total. The third-order valence-corrected chi connectivity index (χ3v) is 5.30. The second kappa shape index (κ2) is 8.94. The molecule has 0 aliphatic carbocycles. The van der Waals surface area contributed by atoms with E-state index in [0.717, 1.165) is 0 Å². The standard InChI is InChI=1S/C25H26O7/c1-5-29-25(27)23-20(15-10-11-18(19(12-15)28-4)30-13-14(2)3)21-22(32-23)16-8-6-7-9-17(16)31-24(21)26/h6-12,14,20,23H,5,13H2,1-4H3/t20-,23-/m1/s1. The molecule has 7 heteroatoms. The molecule has 0 fully saturated rings. The fraction of sp³-hybridized carbons (Fsp3) is 0.360. The molecule has 32 heavy (non-hydrogen) atoms. The highest BCUT2D eigenvalue weighted by atomic mass is 16.6. The Labute approximate surface area is 185 Å². The van der Waals surface area contributed by atoms with Crippen molar-refractivity contribution in [1.29, 1.82) is 0 Å². The highest BCUT2D eigenvalue weighted by Gasteiger charge is 2.45. The first-order valence-electron chi connectivity index (χ1n) is 10.6. The Hall–Kier alpha value is -3.48. The van der Waals surface area contributed by atoms with E-state index in [1.165, 1.54) is 0 Å². The molecule has 0 radical (unpaired) electrons. The van der Waals surface area contributed by atoms with Gasteiger partial charge in [-0.05, 0) is 42.7 Å². The van der Waals surface area contributed by atoms with Crippen molar-refractivity contribution < 1.29 is 28.2 Å². The van der Waals surface area contributed by atoms with Crippen LogP contribution >= 0.6 is 0 Å². The van der Waals surface area contributed by atoms with E-state index in [4.69, 9.17) is 23.4 Å². The molecule has 2 heterocycles. The van der Waals surface area contributed by atoms with E-state index in [9.17, 15) is 9.59 Å². The van der Waals surface area contributed by atoms with Crippen molar-refractivity contribution in [2.24, 2.45) is 5.92 Å². The van der Waals surface area contributed by atoms with Gasteiger partial charge < -0.3 is 23.4 Å². The van der Waals surface area contributed by atoms with Crippen molar-refractivity contribution in [3.05, 3.63) is 64.0 Å². The summed E-state index contributed by atoms with van der Waals surface area (Å²) in [6, 6.07) is 12.4. The van der Waals surface area contributed by atoms with Crippen LogP contribution in [0.15, 0.2) is 51.7 Å². The minimum absolute atomic E-state index is 0.197. The highest BCUT2D eigenvalue weighted by molar-refractivity contribution is 5.88. The van der Waals surface area contributed by atoms with Crippen LogP contribution in [-0.2, 0) is 9.53 Å².